The minimum atomic E-state index is -3.44. The van der Waals surface area contributed by atoms with E-state index in [1.54, 1.807) is 12.3 Å². The summed E-state index contributed by atoms with van der Waals surface area (Å²) in [7, 11) is -3.44. The Kier molecular flexibility index (Phi) is 3.70. The molecule has 0 radical (unpaired) electrons. The lowest BCUT2D eigenvalue weighted by molar-refractivity contribution is 0.370. The number of aromatic nitrogens is 3. The fourth-order valence-corrected chi connectivity index (χ4v) is 4.32. The van der Waals surface area contributed by atoms with Gasteiger partial charge in [0.2, 0.25) is 10.0 Å². The van der Waals surface area contributed by atoms with Crippen LogP contribution in [0.1, 0.15) is 17.0 Å². The number of sulfonamides is 1. The number of nitrogens with zero attached hydrogens (tertiary/aromatic N) is 4. The third kappa shape index (κ3) is 2.74. The average Bonchev–Trinajstić information content (AvgIpc) is 3.24. The zero-order chi connectivity index (χ0) is 16.6. The third-order valence-electron chi connectivity index (χ3n) is 4.11. The van der Waals surface area contributed by atoms with Gasteiger partial charge in [0.15, 0.2) is 5.76 Å². The lowest BCUT2D eigenvalue weighted by atomic mass is 10.1. The number of hydrogen-bond donors (Lipinski definition) is 0. The van der Waals surface area contributed by atoms with Gasteiger partial charge in [-0.2, -0.15) is 9.40 Å². The Bertz CT molecular complexity index is 933. The first kappa shape index (κ1) is 15.1. The van der Waals surface area contributed by atoms with Crippen molar-refractivity contribution in [3.8, 4) is 5.69 Å². The molecule has 0 fully saturated rings. The SMILES string of the molecule is O=S(=O)(Cc1ccno1)N1CCc2c(cnn2-c2ccccc2)C1. The monoisotopic (exact) mass is 344 g/mol. The van der Waals surface area contributed by atoms with Crippen LogP contribution in [0.4, 0.5) is 0 Å². The van der Waals surface area contributed by atoms with E-state index in [2.05, 4.69) is 10.3 Å². The Morgan fingerprint density at radius 1 is 1.17 bits per heavy atom. The molecule has 0 atom stereocenters. The van der Waals surface area contributed by atoms with Gasteiger partial charge < -0.3 is 4.52 Å². The molecule has 4 rings (SSSR count). The van der Waals surface area contributed by atoms with Gasteiger partial charge in [-0.15, -0.1) is 0 Å². The minimum absolute atomic E-state index is 0.171. The molecule has 1 aliphatic rings. The summed E-state index contributed by atoms with van der Waals surface area (Å²) < 4.78 is 33.4. The maximum Gasteiger partial charge on any atom is 0.221 e. The summed E-state index contributed by atoms with van der Waals surface area (Å²) >= 11 is 0. The van der Waals surface area contributed by atoms with Crippen LogP contribution >= 0.6 is 0 Å². The van der Waals surface area contributed by atoms with Gasteiger partial charge in [0, 0.05) is 31.1 Å². The Labute approximate surface area is 139 Å². The zero-order valence-electron chi connectivity index (χ0n) is 12.9. The highest BCUT2D eigenvalue weighted by atomic mass is 32.2. The summed E-state index contributed by atoms with van der Waals surface area (Å²) in [4.78, 5) is 0. The minimum Gasteiger partial charge on any atom is -0.360 e. The van der Waals surface area contributed by atoms with Crippen molar-refractivity contribution in [2.75, 3.05) is 6.54 Å². The summed E-state index contributed by atoms with van der Waals surface area (Å²) in [6.07, 6.45) is 3.82. The molecule has 0 unspecified atom stereocenters. The normalized spacial score (nSPS) is 15.3. The van der Waals surface area contributed by atoms with E-state index < -0.39 is 10.0 Å². The Balaban J connectivity index is 1.58. The lowest BCUT2D eigenvalue weighted by Crippen LogP contribution is -2.36. The number of fused-ring (bicyclic) bond motifs is 1. The summed E-state index contributed by atoms with van der Waals surface area (Å²) in [6, 6.07) is 11.4. The van der Waals surface area contributed by atoms with Gasteiger partial charge in [-0.1, -0.05) is 23.4 Å². The molecule has 3 heterocycles. The van der Waals surface area contributed by atoms with E-state index in [4.69, 9.17) is 4.52 Å². The van der Waals surface area contributed by atoms with Gasteiger partial charge in [-0.3, -0.25) is 0 Å². The Morgan fingerprint density at radius 3 is 2.75 bits per heavy atom. The van der Waals surface area contributed by atoms with Crippen LogP contribution in [0.25, 0.3) is 5.69 Å². The molecule has 0 saturated carbocycles. The second-order valence-corrected chi connectivity index (χ2v) is 7.65. The molecule has 8 heteroatoms. The van der Waals surface area contributed by atoms with Gasteiger partial charge >= 0.3 is 0 Å². The van der Waals surface area contributed by atoms with Gasteiger partial charge in [0.1, 0.15) is 5.75 Å². The predicted octanol–water partition coefficient (Wildman–Crippen LogP) is 1.75. The molecular weight excluding hydrogens is 328 g/mol. The summed E-state index contributed by atoms with van der Waals surface area (Å²) in [6.45, 7) is 0.765. The van der Waals surface area contributed by atoms with Crippen LogP contribution in [0.3, 0.4) is 0 Å². The maximum absolute atomic E-state index is 12.6. The Morgan fingerprint density at radius 2 is 2.00 bits per heavy atom. The van der Waals surface area contributed by atoms with Crippen LogP contribution in [0.5, 0.6) is 0 Å². The highest BCUT2D eigenvalue weighted by molar-refractivity contribution is 7.88. The largest absolute Gasteiger partial charge is 0.360 e. The Hall–Kier alpha value is -2.45. The molecule has 0 aliphatic carbocycles. The van der Waals surface area contributed by atoms with Gasteiger partial charge in [-0.05, 0) is 12.1 Å². The van der Waals surface area contributed by atoms with Crippen molar-refractivity contribution in [2.24, 2.45) is 0 Å². The van der Waals surface area contributed by atoms with E-state index in [1.165, 1.54) is 10.5 Å². The lowest BCUT2D eigenvalue weighted by Gasteiger charge is -2.26. The highest BCUT2D eigenvalue weighted by Crippen LogP contribution is 2.24. The second kappa shape index (κ2) is 5.88. The van der Waals surface area contributed by atoms with Crippen molar-refractivity contribution < 1.29 is 12.9 Å². The van der Waals surface area contributed by atoms with Crippen LogP contribution in [0.2, 0.25) is 0 Å². The van der Waals surface area contributed by atoms with Crippen molar-refractivity contribution in [2.45, 2.75) is 18.7 Å². The van der Waals surface area contributed by atoms with E-state index in [-0.39, 0.29) is 5.75 Å². The quantitative estimate of drug-likeness (QED) is 0.720. The topological polar surface area (TPSA) is 81.2 Å². The van der Waals surface area contributed by atoms with Crippen molar-refractivity contribution in [3.05, 3.63) is 65.8 Å². The number of hydrogen-bond acceptors (Lipinski definition) is 5. The van der Waals surface area contributed by atoms with Crippen LogP contribution in [-0.2, 0) is 28.7 Å². The molecule has 0 amide bonds. The predicted molar refractivity (Wildman–Crippen MR) is 86.8 cm³/mol. The zero-order valence-corrected chi connectivity index (χ0v) is 13.7. The van der Waals surface area contributed by atoms with Crippen LogP contribution in [0, 0.1) is 0 Å². The molecule has 1 aromatic carbocycles. The molecule has 2 aromatic heterocycles. The molecule has 3 aromatic rings. The first-order chi connectivity index (χ1) is 11.6. The molecule has 0 bridgehead atoms. The molecule has 0 saturated heterocycles. The summed E-state index contributed by atoms with van der Waals surface area (Å²) in [5.41, 5.74) is 2.98. The number of benzene rings is 1. The van der Waals surface area contributed by atoms with E-state index in [9.17, 15) is 8.42 Å². The summed E-state index contributed by atoms with van der Waals surface area (Å²) in [5.74, 6) is 0.176. The molecule has 24 heavy (non-hydrogen) atoms. The first-order valence-electron chi connectivity index (χ1n) is 7.62. The van der Waals surface area contributed by atoms with Crippen molar-refractivity contribution >= 4 is 10.0 Å². The van der Waals surface area contributed by atoms with Gasteiger partial charge in [0.25, 0.3) is 0 Å². The summed E-state index contributed by atoms with van der Waals surface area (Å²) in [5, 5.41) is 7.98. The van der Waals surface area contributed by atoms with E-state index >= 15 is 0 Å². The smallest absolute Gasteiger partial charge is 0.221 e. The van der Waals surface area contributed by atoms with Crippen molar-refractivity contribution in [1.82, 2.24) is 19.2 Å². The van der Waals surface area contributed by atoms with Crippen molar-refractivity contribution in [1.29, 1.82) is 0 Å². The molecule has 124 valence electrons. The van der Waals surface area contributed by atoms with Gasteiger partial charge in [-0.25, -0.2) is 13.1 Å². The van der Waals surface area contributed by atoms with Crippen LogP contribution in [-0.4, -0.2) is 34.2 Å². The molecule has 7 nitrogen and oxygen atoms in total. The fraction of sp³-hybridized carbons (Fsp3) is 0.250. The maximum atomic E-state index is 12.6. The van der Waals surface area contributed by atoms with E-state index in [0.29, 0.717) is 25.3 Å². The average molecular weight is 344 g/mol. The van der Waals surface area contributed by atoms with Crippen LogP contribution < -0.4 is 0 Å². The highest BCUT2D eigenvalue weighted by Gasteiger charge is 2.30. The number of para-hydroxylation sites is 1. The van der Waals surface area contributed by atoms with E-state index in [1.807, 2.05) is 35.0 Å². The molecule has 1 aliphatic heterocycles. The molecule has 0 N–H and O–H groups in total. The fourth-order valence-electron chi connectivity index (χ4n) is 2.92. The molecule has 0 spiro atoms. The standard InChI is InChI=1S/C16H16N4O3S/c21-24(22,12-15-6-8-18-23-15)19-9-7-16-13(11-19)10-17-20(16)14-4-2-1-3-5-14/h1-6,8,10H,7,9,11-12H2. The van der Waals surface area contributed by atoms with Gasteiger partial charge in [0.05, 0.1) is 23.8 Å². The first-order valence-corrected chi connectivity index (χ1v) is 9.23. The number of rotatable bonds is 4. The third-order valence-corrected chi connectivity index (χ3v) is 5.86. The van der Waals surface area contributed by atoms with E-state index in [0.717, 1.165) is 16.9 Å². The van der Waals surface area contributed by atoms with Crippen molar-refractivity contribution in [3.63, 3.8) is 0 Å². The van der Waals surface area contributed by atoms with Crippen LogP contribution in [0.15, 0.2) is 53.3 Å². The molecular formula is C16H16N4O3S. The second-order valence-electron chi connectivity index (χ2n) is 5.68.